The second-order valence-electron chi connectivity index (χ2n) is 8.23. The van der Waals surface area contributed by atoms with E-state index in [1.54, 1.807) is 26.2 Å². The van der Waals surface area contributed by atoms with Gasteiger partial charge in [-0.15, -0.1) is 0 Å². The fourth-order valence-electron chi connectivity index (χ4n) is 4.35. The quantitative estimate of drug-likeness (QED) is 0.491. The molecule has 2 atom stereocenters. The van der Waals surface area contributed by atoms with Crippen molar-refractivity contribution in [2.24, 2.45) is 10.7 Å². The minimum absolute atomic E-state index is 0.107. The molecular formula is C22H29ClN6O2. The van der Waals surface area contributed by atoms with Gasteiger partial charge >= 0.3 is 0 Å². The molecule has 0 unspecified atom stereocenters. The number of allylic oxidation sites excluding steroid dienone is 1. The summed E-state index contributed by atoms with van der Waals surface area (Å²) in [7, 11) is 1.68. The van der Waals surface area contributed by atoms with E-state index >= 15 is 0 Å². The van der Waals surface area contributed by atoms with Gasteiger partial charge in [-0.1, -0.05) is 11.6 Å². The number of fused-ring (bicyclic) bond motifs is 1. The van der Waals surface area contributed by atoms with Crippen LogP contribution >= 0.6 is 11.6 Å². The number of nitrogens with one attached hydrogen (secondary N) is 1. The van der Waals surface area contributed by atoms with Crippen LogP contribution < -0.4 is 11.1 Å². The van der Waals surface area contributed by atoms with E-state index in [0.29, 0.717) is 36.6 Å². The highest BCUT2D eigenvalue weighted by molar-refractivity contribution is 6.32. The first kappa shape index (κ1) is 22.0. The van der Waals surface area contributed by atoms with Crippen molar-refractivity contribution >= 4 is 34.3 Å². The first-order valence-corrected chi connectivity index (χ1v) is 11.0. The molecule has 166 valence electrons. The standard InChI is InChI=1S/C22H29ClN6O2/c1-13(24)7-21(25-2)28-22-26-10-15-8-17(23)16(9-18(15)27-22)14-3-5-29(6-4-14)19-11-31-12-20(19)30/h7-10,14,19-20,30H,3-6,11-12,24H2,1-2H3,(H,25,26,27,28)/t19-,20+/m0/s1. The number of aromatic nitrogens is 2. The number of piperidine rings is 1. The summed E-state index contributed by atoms with van der Waals surface area (Å²) in [6, 6.07) is 4.12. The average Bonchev–Trinajstić information content (AvgIpc) is 3.18. The lowest BCUT2D eigenvalue weighted by Gasteiger charge is -2.36. The molecule has 4 N–H and O–H groups in total. The van der Waals surface area contributed by atoms with Crippen LogP contribution in [0.3, 0.4) is 0 Å². The molecule has 0 bridgehead atoms. The molecule has 0 radical (unpaired) electrons. The van der Waals surface area contributed by atoms with Gasteiger partial charge in [0.05, 0.1) is 30.9 Å². The number of anilines is 1. The predicted octanol–water partition coefficient (Wildman–Crippen LogP) is 2.53. The van der Waals surface area contributed by atoms with E-state index in [2.05, 4.69) is 31.2 Å². The van der Waals surface area contributed by atoms with Crippen molar-refractivity contribution in [2.75, 3.05) is 38.7 Å². The van der Waals surface area contributed by atoms with E-state index in [1.807, 2.05) is 6.07 Å². The molecule has 2 aliphatic rings. The van der Waals surface area contributed by atoms with Crippen LogP contribution in [0.15, 0.2) is 35.1 Å². The smallest absolute Gasteiger partial charge is 0.228 e. The normalized spacial score (nSPS) is 24.1. The Labute approximate surface area is 187 Å². The van der Waals surface area contributed by atoms with Crippen LogP contribution in [0.1, 0.15) is 31.2 Å². The van der Waals surface area contributed by atoms with Crippen LogP contribution in [0.4, 0.5) is 5.95 Å². The van der Waals surface area contributed by atoms with Crippen molar-refractivity contribution < 1.29 is 9.84 Å². The minimum Gasteiger partial charge on any atom is -0.402 e. The Balaban J connectivity index is 1.52. The highest BCUT2D eigenvalue weighted by atomic mass is 35.5. The molecule has 0 spiro atoms. The lowest BCUT2D eigenvalue weighted by molar-refractivity contribution is 0.0663. The van der Waals surface area contributed by atoms with E-state index in [0.717, 1.165) is 47.4 Å². The van der Waals surface area contributed by atoms with Gasteiger partial charge in [0.1, 0.15) is 5.84 Å². The summed E-state index contributed by atoms with van der Waals surface area (Å²) in [6.07, 6.45) is 5.07. The average molecular weight is 445 g/mol. The molecule has 9 heteroatoms. The molecule has 0 amide bonds. The Morgan fingerprint density at radius 2 is 2.13 bits per heavy atom. The maximum absolute atomic E-state index is 10.1. The second-order valence-corrected chi connectivity index (χ2v) is 8.64. The molecule has 8 nitrogen and oxygen atoms in total. The number of nitrogens with zero attached hydrogens (tertiary/aromatic N) is 4. The summed E-state index contributed by atoms with van der Waals surface area (Å²) in [5.74, 6) is 1.41. The third-order valence-electron chi connectivity index (χ3n) is 6.00. The monoisotopic (exact) mass is 444 g/mol. The number of benzene rings is 1. The van der Waals surface area contributed by atoms with Gasteiger partial charge in [0.25, 0.3) is 0 Å². The van der Waals surface area contributed by atoms with Crippen LogP contribution in [0.25, 0.3) is 10.9 Å². The van der Waals surface area contributed by atoms with Gasteiger partial charge in [-0.3, -0.25) is 9.89 Å². The Morgan fingerprint density at radius 3 is 2.77 bits per heavy atom. The Bertz CT molecular complexity index is 999. The fraction of sp³-hybridized carbons (Fsp3) is 0.500. The van der Waals surface area contributed by atoms with Crippen molar-refractivity contribution in [3.63, 3.8) is 0 Å². The van der Waals surface area contributed by atoms with Crippen molar-refractivity contribution in [3.05, 3.63) is 40.7 Å². The summed E-state index contributed by atoms with van der Waals surface area (Å²) >= 11 is 6.64. The maximum Gasteiger partial charge on any atom is 0.228 e. The number of aliphatic hydroxyl groups excluding tert-OH is 1. The number of hydrogen-bond donors (Lipinski definition) is 3. The summed E-state index contributed by atoms with van der Waals surface area (Å²) in [6.45, 7) is 4.68. The van der Waals surface area contributed by atoms with Gasteiger partial charge < -0.3 is 20.9 Å². The zero-order valence-corrected chi connectivity index (χ0v) is 18.6. The van der Waals surface area contributed by atoms with Crippen molar-refractivity contribution in [1.82, 2.24) is 14.9 Å². The topological polar surface area (TPSA) is 109 Å². The van der Waals surface area contributed by atoms with Crippen LogP contribution in [0, 0.1) is 0 Å². The molecule has 2 aromatic rings. The van der Waals surface area contributed by atoms with Gasteiger partial charge in [0.2, 0.25) is 5.95 Å². The summed E-state index contributed by atoms with van der Waals surface area (Å²) < 4.78 is 5.42. The van der Waals surface area contributed by atoms with Gasteiger partial charge in [-0.05, 0) is 62.5 Å². The molecule has 2 saturated heterocycles. The maximum atomic E-state index is 10.1. The number of aliphatic hydroxyl groups is 1. The Morgan fingerprint density at radius 1 is 1.35 bits per heavy atom. The van der Waals surface area contributed by atoms with Crippen molar-refractivity contribution in [1.29, 1.82) is 0 Å². The number of likely N-dealkylation sites (tertiary alicyclic amines) is 1. The van der Waals surface area contributed by atoms with Crippen LogP contribution in [-0.2, 0) is 4.74 Å². The third-order valence-corrected chi connectivity index (χ3v) is 6.33. The van der Waals surface area contributed by atoms with Gasteiger partial charge in [0.15, 0.2) is 0 Å². The molecule has 2 aliphatic heterocycles. The third kappa shape index (κ3) is 4.98. The number of hydrogen-bond acceptors (Lipinski definition) is 7. The zero-order chi connectivity index (χ0) is 22.0. The summed E-state index contributed by atoms with van der Waals surface area (Å²) in [4.78, 5) is 15.5. The number of halogens is 1. The van der Waals surface area contributed by atoms with Gasteiger partial charge in [0, 0.05) is 29.4 Å². The zero-order valence-electron chi connectivity index (χ0n) is 17.9. The first-order valence-electron chi connectivity index (χ1n) is 10.6. The molecule has 3 heterocycles. The highest BCUT2D eigenvalue weighted by Crippen LogP contribution is 2.36. The molecule has 4 rings (SSSR count). The molecule has 31 heavy (non-hydrogen) atoms. The number of nitrogens with two attached hydrogens (primary N) is 1. The molecular weight excluding hydrogens is 416 g/mol. The number of rotatable bonds is 4. The molecule has 0 saturated carbocycles. The SMILES string of the molecule is CN=C(C=C(C)N)Nc1ncc2cc(Cl)c(C3CCN([C@H]4COC[C@H]4O)CC3)cc2n1. The first-order chi connectivity index (χ1) is 14.9. The Kier molecular flexibility index (Phi) is 6.71. The van der Waals surface area contributed by atoms with Gasteiger partial charge in [-0.25, -0.2) is 9.97 Å². The lowest BCUT2D eigenvalue weighted by atomic mass is 9.88. The summed E-state index contributed by atoms with van der Waals surface area (Å²) in [5.41, 5.74) is 8.34. The van der Waals surface area contributed by atoms with Crippen LogP contribution in [-0.4, -0.2) is 71.3 Å². The lowest BCUT2D eigenvalue weighted by Crippen LogP contribution is -2.46. The largest absolute Gasteiger partial charge is 0.402 e. The second kappa shape index (κ2) is 9.48. The molecule has 2 fully saturated rings. The molecule has 1 aromatic heterocycles. The Hall–Kier alpha value is -2.26. The van der Waals surface area contributed by atoms with E-state index in [4.69, 9.17) is 22.1 Å². The minimum atomic E-state index is -0.391. The van der Waals surface area contributed by atoms with Crippen molar-refractivity contribution in [3.8, 4) is 0 Å². The molecule has 0 aliphatic carbocycles. The number of ether oxygens (including phenoxy) is 1. The highest BCUT2D eigenvalue weighted by Gasteiger charge is 2.34. The van der Waals surface area contributed by atoms with E-state index in [-0.39, 0.29) is 6.04 Å². The number of amidine groups is 1. The summed E-state index contributed by atoms with van der Waals surface area (Å²) in [5, 5.41) is 14.9. The number of aliphatic imine (C=N–C) groups is 1. The van der Waals surface area contributed by atoms with E-state index in [1.165, 1.54) is 0 Å². The van der Waals surface area contributed by atoms with Crippen molar-refractivity contribution in [2.45, 2.75) is 37.8 Å². The van der Waals surface area contributed by atoms with Crippen LogP contribution in [0.2, 0.25) is 5.02 Å². The van der Waals surface area contributed by atoms with Crippen LogP contribution in [0.5, 0.6) is 0 Å². The van der Waals surface area contributed by atoms with E-state index in [9.17, 15) is 5.11 Å². The molecule has 1 aromatic carbocycles. The fourth-order valence-corrected chi connectivity index (χ4v) is 4.68. The van der Waals surface area contributed by atoms with Gasteiger partial charge in [-0.2, -0.15) is 0 Å². The van der Waals surface area contributed by atoms with E-state index < -0.39 is 6.10 Å². The predicted molar refractivity (Wildman–Crippen MR) is 124 cm³/mol.